The molecule has 0 spiro atoms. The van der Waals surface area contributed by atoms with Crippen molar-refractivity contribution in [2.24, 2.45) is 4.99 Å². The van der Waals surface area contributed by atoms with Gasteiger partial charge >= 0.3 is 0 Å². The molecule has 1 heterocycles. The molecule has 1 N–H and O–H groups in total. The zero-order chi connectivity index (χ0) is 10.2. The summed E-state index contributed by atoms with van der Waals surface area (Å²) in [6.45, 7) is 0.676. The fourth-order valence-corrected chi connectivity index (χ4v) is 1.33. The standard InChI is InChI=1S/C10H12N2OS/c13-7-10-9(4-2-6-12-10)3-1-5-11-8-14/h2,4,6,13H,1,3,5,7H2. The predicted molar refractivity (Wildman–Crippen MR) is 58.4 cm³/mol. The van der Waals surface area contributed by atoms with Crippen LogP contribution in [-0.2, 0) is 13.0 Å². The molecule has 0 aliphatic carbocycles. The molecule has 1 rings (SSSR count). The molecule has 0 saturated heterocycles. The highest BCUT2D eigenvalue weighted by Crippen LogP contribution is 2.07. The van der Waals surface area contributed by atoms with Crippen molar-refractivity contribution in [3.05, 3.63) is 29.6 Å². The lowest BCUT2D eigenvalue weighted by atomic mass is 10.1. The van der Waals surface area contributed by atoms with Gasteiger partial charge in [-0.1, -0.05) is 6.07 Å². The van der Waals surface area contributed by atoms with E-state index in [1.165, 1.54) is 0 Å². The van der Waals surface area contributed by atoms with Gasteiger partial charge < -0.3 is 5.11 Å². The number of aliphatic imine (C=N–C) groups is 1. The summed E-state index contributed by atoms with van der Waals surface area (Å²) >= 11 is 4.46. The first-order valence-corrected chi connectivity index (χ1v) is 4.86. The van der Waals surface area contributed by atoms with Crippen molar-refractivity contribution in [2.45, 2.75) is 19.4 Å². The second kappa shape index (κ2) is 6.38. The highest BCUT2D eigenvalue weighted by atomic mass is 32.1. The monoisotopic (exact) mass is 208 g/mol. The molecule has 14 heavy (non-hydrogen) atoms. The van der Waals surface area contributed by atoms with Crippen LogP contribution in [0.25, 0.3) is 0 Å². The third-order valence-electron chi connectivity index (χ3n) is 1.91. The predicted octanol–water partition coefficient (Wildman–Crippen LogP) is 1.61. The van der Waals surface area contributed by atoms with Crippen LogP contribution in [0.15, 0.2) is 23.3 Å². The number of hydrogen-bond donors (Lipinski definition) is 1. The topological polar surface area (TPSA) is 45.5 Å². The lowest BCUT2D eigenvalue weighted by Gasteiger charge is -2.03. The van der Waals surface area contributed by atoms with Crippen molar-refractivity contribution in [1.82, 2.24) is 4.98 Å². The van der Waals surface area contributed by atoms with Gasteiger partial charge in [-0.05, 0) is 36.7 Å². The lowest BCUT2D eigenvalue weighted by molar-refractivity contribution is 0.275. The van der Waals surface area contributed by atoms with Gasteiger partial charge in [-0.2, -0.15) is 0 Å². The first kappa shape index (κ1) is 11.0. The smallest absolute Gasteiger partial charge is 0.0855 e. The zero-order valence-electron chi connectivity index (χ0n) is 7.81. The zero-order valence-corrected chi connectivity index (χ0v) is 8.63. The summed E-state index contributed by atoms with van der Waals surface area (Å²) in [4.78, 5) is 7.90. The highest BCUT2D eigenvalue weighted by Gasteiger charge is 2.00. The molecule has 0 bridgehead atoms. The number of aliphatic hydroxyl groups excluding tert-OH is 1. The Morgan fingerprint density at radius 2 is 2.43 bits per heavy atom. The Hall–Kier alpha value is -1.09. The summed E-state index contributed by atoms with van der Waals surface area (Å²) in [7, 11) is 0. The Morgan fingerprint density at radius 3 is 3.14 bits per heavy atom. The minimum atomic E-state index is -0.00734. The van der Waals surface area contributed by atoms with Crippen LogP contribution < -0.4 is 0 Å². The van der Waals surface area contributed by atoms with Gasteiger partial charge in [-0.15, -0.1) is 0 Å². The van der Waals surface area contributed by atoms with Gasteiger partial charge in [0.15, 0.2) is 0 Å². The van der Waals surface area contributed by atoms with Gasteiger partial charge in [-0.3, -0.25) is 4.98 Å². The Labute approximate surface area is 88.5 Å². The molecule has 0 radical (unpaired) electrons. The van der Waals surface area contributed by atoms with E-state index < -0.39 is 0 Å². The molecule has 74 valence electrons. The van der Waals surface area contributed by atoms with E-state index in [0.717, 1.165) is 24.1 Å². The number of aromatic nitrogens is 1. The number of hydrogen-bond acceptors (Lipinski definition) is 4. The minimum absolute atomic E-state index is 0.00734. The summed E-state index contributed by atoms with van der Waals surface area (Å²) in [5.41, 5.74) is 1.83. The van der Waals surface area contributed by atoms with E-state index in [9.17, 15) is 0 Å². The first-order chi connectivity index (χ1) is 6.88. The lowest BCUT2D eigenvalue weighted by Crippen LogP contribution is -1.98. The highest BCUT2D eigenvalue weighted by molar-refractivity contribution is 7.78. The van der Waals surface area contributed by atoms with Crippen molar-refractivity contribution in [3.8, 4) is 0 Å². The van der Waals surface area contributed by atoms with Gasteiger partial charge in [0.25, 0.3) is 0 Å². The van der Waals surface area contributed by atoms with Crippen LogP contribution in [0.5, 0.6) is 0 Å². The number of nitrogens with zero attached hydrogens (tertiary/aromatic N) is 2. The third-order valence-corrected chi connectivity index (χ3v) is 2.04. The Morgan fingerprint density at radius 1 is 1.57 bits per heavy atom. The molecular formula is C10H12N2OS. The Bertz CT molecular complexity index is 335. The molecule has 1 aromatic heterocycles. The van der Waals surface area contributed by atoms with E-state index >= 15 is 0 Å². The Balaban J connectivity index is 2.52. The van der Waals surface area contributed by atoms with Crippen molar-refractivity contribution in [3.63, 3.8) is 0 Å². The summed E-state index contributed by atoms with van der Waals surface area (Å²) in [6, 6.07) is 3.84. The van der Waals surface area contributed by atoms with Crippen LogP contribution in [0.2, 0.25) is 0 Å². The number of thiocarbonyl (C=S) groups is 1. The van der Waals surface area contributed by atoms with Crippen LogP contribution in [0.4, 0.5) is 0 Å². The van der Waals surface area contributed by atoms with E-state index in [1.807, 2.05) is 12.1 Å². The van der Waals surface area contributed by atoms with Crippen molar-refractivity contribution >= 4 is 17.4 Å². The van der Waals surface area contributed by atoms with Crippen molar-refractivity contribution < 1.29 is 5.11 Å². The summed E-state index contributed by atoms with van der Waals surface area (Å²) in [6.07, 6.45) is 3.46. The maximum Gasteiger partial charge on any atom is 0.0855 e. The van der Waals surface area contributed by atoms with E-state index in [0.29, 0.717) is 6.54 Å². The molecule has 1 aromatic rings. The van der Waals surface area contributed by atoms with Gasteiger partial charge in [0.1, 0.15) is 0 Å². The number of rotatable bonds is 5. The minimum Gasteiger partial charge on any atom is -0.390 e. The number of aliphatic hydroxyl groups is 1. The van der Waals surface area contributed by atoms with E-state index in [4.69, 9.17) is 5.11 Å². The van der Waals surface area contributed by atoms with E-state index in [2.05, 4.69) is 27.4 Å². The van der Waals surface area contributed by atoms with Crippen molar-refractivity contribution in [1.29, 1.82) is 0 Å². The van der Waals surface area contributed by atoms with Gasteiger partial charge in [0, 0.05) is 12.7 Å². The average molecular weight is 208 g/mol. The largest absolute Gasteiger partial charge is 0.390 e. The number of aryl methyl sites for hydroxylation is 1. The van der Waals surface area contributed by atoms with Crippen LogP contribution in [0, 0.1) is 0 Å². The second-order valence-electron chi connectivity index (χ2n) is 2.84. The SMILES string of the molecule is OCc1ncccc1CCCN=C=S. The average Bonchev–Trinajstić information content (AvgIpc) is 2.25. The maximum atomic E-state index is 9.01. The molecule has 0 aliphatic rings. The fraction of sp³-hybridized carbons (Fsp3) is 0.400. The molecule has 0 unspecified atom stereocenters. The number of isothiocyanates is 1. The van der Waals surface area contributed by atoms with Crippen LogP contribution in [0.1, 0.15) is 17.7 Å². The molecule has 3 nitrogen and oxygen atoms in total. The van der Waals surface area contributed by atoms with Crippen LogP contribution in [-0.4, -0.2) is 21.8 Å². The molecule has 0 saturated carbocycles. The summed E-state index contributed by atoms with van der Waals surface area (Å²) in [5.74, 6) is 0. The molecule has 0 amide bonds. The van der Waals surface area contributed by atoms with Gasteiger partial charge in [0.2, 0.25) is 0 Å². The van der Waals surface area contributed by atoms with Crippen molar-refractivity contribution in [2.75, 3.05) is 6.54 Å². The quantitative estimate of drug-likeness (QED) is 0.454. The van der Waals surface area contributed by atoms with Crippen LogP contribution in [0.3, 0.4) is 0 Å². The first-order valence-electron chi connectivity index (χ1n) is 4.45. The summed E-state index contributed by atoms with van der Waals surface area (Å²) < 4.78 is 0. The van der Waals surface area contributed by atoms with E-state index in [-0.39, 0.29) is 6.61 Å². The van der Waals surface area contributed by atoms with Gasteiger partial charge in [-0.25, -0.2) is 4.99 Å². The van der Waals surface area contributed by atoms with E-state index in [1.54, 1.807) is 6.20 Å². The molecule has 0 aliphatic heterocycles. The molecular weight excluding hydrogens is 196 g/mol. The molecule has 0 fully saturated rings. The normalized spacial score (nSPS) is 9.50. The van der Waals surface area contributed by atoms with Gasteiger partial charge in [0.05, 0.1) is 17.5 Å². The molecule has 4 heteroatoms. The summed E-state index contributed by atoms with van der Waals surface area (Å²) in [5, 5.41) is 11.3. The maximum absolute atomic E-state index is 9.01. The fourth-order valence-electron chi connectivity index (χ4n) is 1.24. The molecule has 0 aromatic carbocycles. The second-order valence-corrected chi connectivity index (χ2v) is 3.03. The van der Waals surface area contributed by atoms with Crippen LogP contribution >= 0.6 is 12.2 Å². The third kappa shape index (κ3) is 3.34. The number of pyridine rings is 1. The Kier molecular flexibility index (Phi) is 5.00. The molecule has 0 atom stereocenters.